The van der Waals surface area contributed by atoms with E-state index in [2.05, 4.69) is 42.0 Å². The molecule has 2 N–H and O–H groups in total. The Balaban J connectivity index is 1.37. The highest BCUT2D eigenvalue weighted by Crippen LogP contribution is 2.32. The zero-order chi connectivity index (χ0) is 26.5. The lowest BCUT2D eigenvalue weighted by atomic mass is 10.0. The highest BCUT2D eigenvalue weighted by molar-refractivity contribution is 6.00. The fourth-order valence-electron chi connectivity index (χ4n) is 4.43. The molecule has 1 fully saturated rings. The number of carbonyl (C=O) groups is 1. The average molecular weight is 516 g/mol. The van der Waals surface area contributed by atoms with Crippen molar-refractivity contribution in [1.29, 1.82) is 0 Å². The van der Waals surface area contributed by atoms with Gasteiger partial charge in [0.1, 0.15) is 18.3 Å². The van der Waals surface area contributed by atoms with Crippen LogP contribution in [0.5, 0.6) is 0 Å². The maximum Gasteiger partial charge on any atom is 0.247 e. The molecular formula is C28H27F2N7O. The number of pyridine rings is 1. The molecule has 194 valence electrons. The molecule has 0 aliphatic carbocycles. The summed E-state index contributed by atoms with van der Waals surface area (Å²) in [6.45, 7) is 6.80. The number of hydrogen-bond donors (Lipinski definition) is 2. The molecular weight excluding hydrogens is 488 g/mol. The van der Waals surface area contributed by atoms with Crippen LogP contribution in [0, 0.1) is 5.82 Å². The third-order valence-electron chi connectivity index (χ3n) is 6.42. The van der Waals surface area contributed by atoms with E-state index < -0.39 is 5.82 Å². The molecule has 0 spiro atoms. The van der Waals surface area contributed by atoms with Gasteiger partial charge in [0.2, 0.25) is 11.9 Å². The van der Waals surface area contributed by atoms with Crippen LogP contribution in [0.2, 0.25) is 0 Å². The number of nitrogens with zero attached hydrogens (tertiary/aromatic N) is 5. The van der Waals surface area contributed by atoms with E-state index in [1.54, 1.807) is 24.5 Å². The minimum atomic E-state index is -0.437. The second kappa shape index (κ2) is 11.3. The average Bonchev–Trinajstić information content (AvgIpc) is 2.95. The number of halogens is 2. The van der Waals surface area contributed by atoms with Crippen molar-refractivity contribution in [2.75, 3.05) is 54.9 Å². The van der Waals surface area contributed by atoms with Gasteiger partial charge in [-0.3, -0.25) is 9.69 Å². The van der Waals surface area contributed by atoms with Crippen molar-refractivity contribution in [3.05, 3.63) is 79.4 Å². The minimum Gasteiger partial charge on any atom is -0.354 e. The number of piperazine rings is 1. The van der Waals surface area contributed by atoms with Crippen molar-refractivity contribution in [3.63, 3.8) is 0 Å². The van der Waals surface area contributed by atoms with Crippen molar-refractivity contribution < 1.29 is 13.6 Å². The molecule has 10 heteroatoms. The normalized spacial score (nSPS) is 13.9. The number of amides is 1. The molecule has 0 saturated carbocycles. The van der Waals surface area contributed by atoms with Gasteiger partial charge in [0.05, 0.1) is 17.4 Å². The molecule has 8 nitrogen and oxygen atoms in total. The molecule has 1 saturated heterocycles. The molecule has 1 amide bonds. The quantitative estimate of drug-likeness (QED) is 0.326. The first kappa shape index (κ1) is 25.2. The van der Waals surface area contributed by atoms with Crippen molar-refractivity contribution in [2.45, 2.75) is 0 Å². The van der Waals surface area contributed by atoms with E-state index in [9.17, 15) is 13.6 Å². The largest absolute Gasteiger partial charge is 0.354 e. The number of fused-ring (bicyclic) bond motifs is 1. The molecule has 0 unspecified atom stereocenters. The first-order chi connectivity index (χ1) is 18.5. The second-order valence-electron chi connectivity index (χ2n) is 8.87. The fourth-order valence-corrected chi connectivity index (χ4v) is 4.43. The number of para-hydroxylation sites is 1. The van der Waals surface area contributed by atoms with Crippen LogP contribution in [0.15, 0.2) is 73.6 Å². The third-order valence-corrected chi connectivity index (χ3v) is 6.42. The molecule has 5 rings (SSSR count). The van der Waals surface area contributed by atoms with Gasteiger partial charge in [0.25, 0.3) is 0 Å². The van der Waals surface area contributed by atoms with Crippen LogP contribution in [0.4, 0.5) is 31.9 Å². The lowest BCUT2D eigenvalue weighted by Crippen LogP contribution is -2.47. The molecule has 38 heavy (non-hydrogen) atoms. The van der Waals surface area contributed by atoms with Crippen molar-refractivity contribution in [2.24, 2.45) is 0 Å². The zero-order valence-electron chi connectivity index (χ0n) is 20.7. The van der Waals surface area contributed by atoms with E-state index in [1.165, 1.54) is 12.1 Å². The first-order valence-corrected chi connectivity index (χ1v) is 12.3. The lowest BCUT2D eigenvalue weighted by molar-refractivity contribution is -0.111. The molecule has 2 aromatic carbocycles. The molecule has 0 atom stereocenters. The third kappa shape index (κ3) is 5.60. The SMILES string of the molecule is C=CC(=O)Nc1ccc(F)c(-c2cccc3cnc(Nc4ccc(N5CCN(CCF)CC5)nc4)nc23)c1. The Morgan fingerprint density at radius 1 is 1.00 bits per heavy atom. The smallest absolute Gasteiger partial charge is 0.247 e. The number of aromatic nitrogens is 3. The number of carbonyl (C=O) groups excluding carboxylic acids is 1. The number of hydrogen-bond acceptors (Lipinski definition) is 7. The lowest BCUT2D eigenvalue weighted by Gasteiger charge is -2.34. The summed E-state index contributed by atoms with van der Waals surface area (Å²) < 4.78 is 27.5. The van der Waals surface area contributed by atoms with Crippen LogP contribution in [0.1, 0.15) is 0 Å². The Bertz CT molecular complexity index is 1450. The summed E-state index contributed by atoms with van der Waals surface area (Å²) in [5.74, 6) is 0.382. The van der Waals surface area contributed by atoms with E-state index in [-0.39, 0.29) is 12.6 Å². The number of nitrogens with one attached hydrogen (secondary N) is 2. The predicted octanol–water partition coefficient (Wildman–Crippen LogP) is 4.79. The molecule has 0 radical (unpaired) electrons. The van der Waals surface area contributed by atoms with E-state index in [0.717, 1.165) is 43.5 Å². The Morgan fingerprint density at radius 2 is 1.82 bits per heavy atom. The molecule has 3 heterocycles. The second-order valence-corrected chi connectivity index (χ2v) is 8.87. The molecule has 1 aliphatic rings. The Labute approximate surface area is 219 Å². The molecule has 0 bridgehead atoms. The van der Waals surface area contributed by atoms with E-state index in [0.29, 0.717) is 40.5 Å². The first-order valence-electron chi connectivity index (χ1n) is 12.3. The summed E-state index contributed by atoms with van der Waals surface area (Å²) in [6.07, 6.45) is 4.55. The molecule has 4 aromatic rings. The van der Waals surface area contributed by atoms with E-state index in [4.69, 9.17) is 0 Å². The highest BCUT2D eigenvalue weighted by atomic mass is 19.1. The van der Waals surface area contributed by atoms with Gasteiger partial charge < -0.3 is 15.5 Å². The van der Waals surface area contributed by atoms with Crippen molar-refractivity contribution >= 4 is 40.0 Å². The topological polar surface area (TPSA) is 86.3 Å². The minimum absolute atomic E-state index is 0.305. The summed E-state index contributed by atoms with van der Waals surface area (Å²) in [5.41, 5.74) is 2.60. The molecule has 2 aromatic heterocycles. The van der Waals surface area contributed by atoms with Crippen LogP contribution in [0.3, 0.4) is 0 Å². The van der Waals surface area contributed by atoms with Gasteiger partial charge in [0, 0.05) is 61.1 Å². The van der Waals surface area contributed by atoms with Crippen molar-refractivity contribution in [1.82, 2.24) is 19.9 Å². The maximum absolute atomic E-state index is 14.9. The van der Waals surface area contributed by atoms with E-state index in [1.807, 2.05) is 24.3 Å². The van der Waals surface area contributed by atoms with Crippen LogP contribution >= 0.6 is 0 Å². The summed E-state index contributed by atoms with van der Waals surface area (Å²) >= 11 is 0. The van der Waals surface area contributed by atoms with Gasteiger partial charge in [0.15, 0.2) is 0 Å². The van der Waals surface area contributed by atoms with E-state index >= 15 is 0 Å². The summed E-state index contributed by atoms with van der Waals surface area (Å²) in [4.78, 5) is 29.7. The predicted molar refractivity (Wildman–Crippen MR) is 146 cm³/mol. The standard InChI is InChI=1S/C28H27F2N7O/c1-2-26(38)33-20-6-8-24(30)23(16-20)22-5-3-4-19-17-32-28(35-27(19)22)34-21-7-9-25(31-18-21)37-14-12-36(11-10-29)13-15-37/h2-9,16-18H,1,10-15H2,(H,33,38)(H,32,34,35). The van der Waals surface area contributed by atoms with Gasteiger partial charge in [-0.15, -0.1) is 0 Å². The van der Waals surface area contributed by atoms with Gasteiger partial charge in [-0.1, -0.05) is 24.8 Å². The van der Waals surface area contributed by atoms with Crippen LogP contribution < -0.4 is 15.5 Å². The highest BCUT2D eigenvalue weighted by Gasteiger charge is 2.18. The Hall–Kier alpha value is -4.44. The fraction of sp³-hybridized carbons (Fsp3) is 0.214. The van der Waals surface area contributed by atoms with Crippen LogP contribution in [0.25, 0.3) is 22.0 Å². The Kier molecular flexibility index (Phi) is 7.50. The number of alkyl halides is 1. The monoisotopic (exact) mass is 515 g/mol. The van der Waals surface area contributed by atoms with Gasteiger partial charge in [-0.25, -0.2) is 23.7 Å². The number of rotatable bonds is 8. The summed E-state index contributed by atoms with van der Waals surface area (Å²) in [7, 11) is 0. The van der Waals surface area contributed by atoms with Crippen LogP contribution in [-0.4, -0.2) is 65.2 Å². The van der Waals surface area contributed by atoms with Gasteiger partial charge >= 0.3 is 0 Å². The summed E-state index contributed by atoms with van der Waals surface area (Å²) in [5, 5.41) is 6.58. The maximum atomic E-state index is 14.9. The van der Waals surface area contributed by atoms with Gasteiger partial charge in [-0.05, 0) is 36.4 Å². The molecule has 1 aliphatic heterocycles. The summed E-state index contributed by atoms with van der Waals surface area (Å²) in [6, 6.07) is 13.6. The van der Waals surface area contributed by atoms with Crippen molar-refractivity contribution in [3.8, 4) is 11.1 Å². The number of anilines is 4. The number of benzene rings is 2. The van der Waals surface area contributed by atoms with Crippen LogP contribution in [-0.2, 0) is 4.79 Å². The Morgan fingerprint density at radius 3 is 2.55 bits per heavy atom. The zero-order valence-corrected chi connectivity index (χ0v) is 20.7. The van der Waals surface area contributed by atoms with Gasteiger partial charge in [-0.2, -0.15) is 0 Å².